The number of hydrogen-bond acceptors (Lipinski definition) is 5. The van der Waals surface area contributed by atoms with Crippen molar-refractivity contribution in [3.63, 3.8) is 0 Å². The summed E-state index contributed by atoms with van der Waals surface area (Å²) in [6.45, 7) is 4.14. The number of benzene rings is 1. The zero-order chi connectivity index (χ0) is 14.7. The number of nitrogens with zero attached hydrogens (tertiary/aromatic N) is 2. The molecule has 1 aromatic heterocycles. The molecule has 1 unspecified atom stereocenters. The van der Waals surface area contributed by atoms with Gasteiger partial charge in [0.1, 0.15) is 0 Å². The smallest absolute Gasteiger partial charge is 0.233 e. The number of piperidine rings is 1. The Kier molecular flexibility index (Phi) is 4.52. The lowest BCUT2D eigenvalue weighted by molar-refractivity contribution is 0.245. The number of halogens is 1. The number of hydrogen-bond donors (Lipinski definition) is 1. The first-order valence-electron chi connectivity index (χ1n) is 7.08. The Labute approximate surface area is 133 Å². The topological polar surface area (TPSA) is 51.0 Å². The molecule has 6 heteroatoms. The highest BCUT2D eigenvalue weighted by Crippen LogP contribution is 2.31. The normalized spacial score (nSPS) is 22.4. The van der Waals surface area contributed by atoms with Crippen LogP contribution >= 0.6 is 23.4 Å². The molecule has 0 bridgehead atoms. The number of aromatic nitrogens is 2. The lowest BCUT2D eigenvalue weighted by Crippen LogP contribution is -2.41. The van der Waals surface area contributed by atoms with E-state index >= 15 is 0 Å². The number of rotatable bonds is 4. The molecular formula is C15H18ClN3OS. The summed E-state index contributed by atoms with van der Waals surface area (Å²) in [5.41, 5.74) is -0.0431. The first kappa shape index (κ1) is 14.9. The average molecular weight is 324 g/mol. The summed E-state index contributed by atoms with van der Waals surface area (Å²) in [6.07, 6.45) is 2.22. The van der Waals surface area contributed by atoms with Gasteiger partial charge >= 0.3 is 0 Å². The second-order valence-corrected chi connectivity index (χ2v) is 7.00. The van der Waals surface area contributed by atoms with Gasteiger partial charge in [0.2, 0.25) is 5.89 Å². The highest BCUT2D eigenvalue weighted by Gasteiger charge is 2.34. The largest absolute Gasteiger partial charge is 0.339 e. The van der Waals surface area contributed by atoms with Crippen LogP contribution in [0.2, 0.25) is 5.02 Å². The molecule has 0 spiro atoms. The van der Waals surface area contributed by atoms with Gasteiger partial charge in [-0.15, -0.1) is 11.8 Å². The monoisotopic (exact) mass is 323 g/mol. The molecule has 3 rings (SSSR count). The summed E-state index contributed by atoms with van der Waals surface area (Å²) < 4.78 is 5.48. The van der Waals surface area contributed by atoms with Gasteiger partial charge in [-0.2, -0.15) is 4.98 Å². The van der Waals surface area contributed by atoms with Crippen LogP contribution in [0, 0.1) is 0 Å². The Morgan fingerprint density at radius 2 is 2.29 bits per heavy atom. The maximum Gasteiger partial charge on any atom is 0.233 e. The van der Waals surface area contributed by atoms with Crippen LogP contribution in [0.25, 0.3) is 0 Å². The third-order valence-electron chi connectivity index (χ3n) is 3.78. The van der Waals surface area contributed by atoms with Gasteiger partial charge in [0.15, 0.2) is 5.82 Å². The van der Waals surface area contributed by atoms with E-state index in [0.29, 0.717) is 5.75 Å². The van der Waals surface area contributed by atoms with Crippen molar-refractivity contribution in [3.8, 4) is 0 Å². The molecule has 1 aliphatic heterocycles. The standard InChI is InChI=1S/C15H18ClN3OS/c1-15(7-4-8-17-10-15)14-18-13(19-20-14)9-21-12-6-3-2-5-11(12)16/h2-3,5-6,17H,4,7-10H2,1H3. The van der Waals surface area contributed by atoms with Crippen molar-refractivity contribution in [2.45, 2.75) is 35.8 Å². The average Bonchev–Trinajstić information content (AvgIpc) is 2.97. The van der Waals surface area contributed by atoms with Crippen molar-refractivity contribution in [2.24, 2.45) is 0 Å². The fourth-order valence-electron chi connectivity index (χ4n) is 2.50. The van der Waals surface area contributed by atoms with Crippen LogP contribution in [0.5, 0.6) is 0 Å². The van der Waals surface area contributed by atoms with E-state index in [-0.39, 0.29) is 5.41 Å². The number of thioether (sulfide) groups is 1. The predicted octanol–water partition coefficient (Wildman–Crippen LogP) is 3.66. The molecule has 1 atom stereocenters. The maximum absolute atomic E-state index is 6.15. The molecule has 0 aliphatic carbocycles. The van der Waals surface area contributed by atoms with Crippen molar-refractivity contribution in [1.29, 1.82) is 0 Å². The van der Waals surface area contributed by atoms with Gasteiger partial charge in [-0.25, -0.2) is 0 Å². The third-order valence-corrected chi connectivity index (χ3v) is 5.29. The maximum atomic E-state index is 6.15. The van der Waals surface area contributed by atoms with E-state index in [1.165, 1.54) is 0 Å². The molecule has 0 amide bonds. The molecule has 2 heterocycles. The summed E-state index contributed by atoms with van der Waals surface area (Å²) >= 11 is 7.77. The molecule has 2 aromatic rings. The van der Waals surface area contributed by atoms with Crippen LogP contribution in [-0.4, -0.2) is 23.2 Å². The highest BCUT2D eigenvalue weighted by molar-refractivity contribution is 7.98. The summed E-state index contributed by atoms with van der Waals surface area (Å²) in [4.78, 5) is 5.61. The Hall–Kier alpha value is -1.04. The summed E-state index contributed by atoms with van der Waals surface area (Å²) in [6, 6.07) is 7.79. The van der Waals surface area contributed by atoms with Crippen molar-refractivity contribution < 1.29 is 4.52 Å². The third kappa shape index (κ3) is 3.42. The van der Waals surface area contributed by atoms with E-state index in [4.69, 9.17) is 16.1 Å². The van der Waals surface area contributed by atoms with E-state index in [1.807, 2.05) is 24.3 Å². The predicted molar refractivity (Wildman–Crippen MR) is 84.8 cm³/mol. The minimum absolute atomic E-state index is 0.0431. The molecular weight excluding hydrogens is 306 g/mol. The zero-order valence-corrected chi connectivity index (χ0v) is 13.5. The van der Waals surface area contributed by atoms with Gasteiger partial charge in [-0.1, -0.05) is 28.9 Å². The van der Waals surface area contributed by atoms with E-state index in [2.05, 4.69) is 22.4 Å². The van der Waals surface area contributed by atoms with Crippen molar-refractivity contribution >= 4 is 23.4 Å². The Morgan fingerprint density at radius 1 is 1.43 bits per heavy atom. The van der Waals surface area contributed by atoms with E-state index in [1.54, 1.807) is 11.8 Å². The van der Waals surface area contributed by atoms with Gasteiger partial charge in [-0.3, -0.25) is 0 Å². The van der Waals surface area contributed by atoms with E-state index in [0.717, 1.165) is 47.6 Å². The van der Waals surface area contributed by atoms with Crippen molar-refractivity contribution in [1.82, 2.24) is 15.5 Å². The zero-order valence-electron chi connectivity index (χ0n) is 11.9. The SMILES string of the molecule is CC1(c2nc(CSc3ccccc3Cl)no2)CCCNC1. The minimum Gasteiger partial charge on any atom is -0.339 e. The Morgan fingerprint density at radius 3 is 3.05 bits per heavy atom. The summed E-state index contributed by atoms with van der Waals surface area (Å²) in [5, 5.41) is 8.26. The molecule has 112 valence electrons. The molecule has 1 N–H and O–H groups in total. The van der Waals surface area contributed by atoms with Gasteiger partial charge < -0.3 is 9.84 Å². The van der Waals surface area contributed by atoms with Crippen molar-refractivity contribution in [2.75, 3.05) is 13.1 Å². The molecule has 1 aromatic carbocycles. The molecule has 0 saturated carbocycles. The van der Waals surface area contributed by atoms with E-state index in [9.17, 15) is 0 Å². The van der Waals surface area contributed by atoms with Gasteiger partial charge in [0, 0.05) is 11.4 Å². The first-order valence-corrected chi connectivity index (χ1v) is 8.45. The van der Waals surface area contributed by atoms with Crippen LogP contribution in [0.1, 0.15) is 31.5 Å². The highest BCUT2D eigenvalue weighted by atomic mass is 35.5. The summed E-state index contributed by atoms with van der Waals surface area (Å²) in [5.74, 6) is 2.13. The lowest BCUT2D eigenvalue weighted by Gasteiger charge is -2.30. The molecule has 21 heavy (non-hydrogen) atoms. The second kappa shape index (κ2) is 6.38. The lowest BCUT2D eigenvalue weighted by atomic mass is 9.83. The Balaban J connectivity index is 1.67. The van der Waals surface area contributed by atoms with Crippen LogP contribution in [0.15, 0.2) is 33.7 Å². The molecule has 1 saturated heterocycles. The van der Waals surface area contributed by atoms with Crippen LogP contribution in [0.3, 0.4) is 0 Å². The quantitative estimate of drug-likeness (QED) is 0.870. The number of nitrogens with one attached hydrogen (secondary N) is 1. The fourth-order valence-corrected chi connectivity index (χ4v) is 3.58. The fraction of sp³-hybridized carbons (Fsp3) is 0.467. The van der Waals surface area contributed by atoms with Crippen LogP contribution in [0.4, 0.5) is 0 Å². The minimum atomic E-state index is -0.0431. The Bertz CT molecular complexity index is 610. The molecule has 1 aliphatic rings. The van der Waals surface area contributed by atoms with Crippen LogP contribution < -0.4 is 5.32 Å². The van der Waals surface area contributed by atoms with Gasteiger partial charge in [-0.05, 0) is 38.4 Å². The van der Waals surface area contributed by atoms with Crippen LogP contribution in [-0.2, 0) is 11.2 Å². The van der Waals surface area contributed by atoms with E-state index < -0.39 is 0 Å². The van der Waals surface area contributed by atoms with Gasteiger partial charge in [0.25, 0.3) is 0 Å². The van der Waals surface area contributed by atoms with Gasteiger partial charge in [0.05, 0.1) is 16.2 Å². The molecule has 4 nitrogen and oxygen atoms in total. The molecule has 1 fully saturated rings. The summed E-state index contributed by atoms with van der Waals surface area (Å²) in [7, 11) is 0. The molecule has 0 radical (unpaired) electrons. The van der Waals surface area contributed by atoms with Crippen molar-refractivity contribution in [3.05, 3.63) is 41.0 Å². The first-order chi connectivity index (χ1) is 10.2. The second-order valence-electron chi connectivity index (χ2n) is 5.58.